The number of nitrogens with zero attached hydrogens (tertiary/aromatic N) is 2. The van der Waals surface area contributed by atoms with Crippen LogP contribution in [0.2, 0.25) is 5.15 Å². The van der Waals surface area contributed by atoms with Crippen molar-refractivity contribution in [3.8, 4) is 0 Å². The molecular weight excluding hydrogens is 344 g/mol. The highest BCUT2D eigenvalue weighted by Gasteiger charge is 2.11. The number of para-hydroxylation sites is 1. The second-order valence-corrected chi connectivity index (χ2v) is 6.70. The molecule has 0 aliphatic carbocycles. The highest BCUT2D eigenvalue weighted by Crippen LogP contribution is 2.33. The van der Waals surface area contributed by atoms with E-state index in [1.165, 1.54) is 11.1 Å². The molecule has 0 radical (unpaired) electrons. The number of hydrogen-bond acceptors (Lipinski definition) is 4. The van der Waals surface area contributed by atoms with E-state index < -0.39 is 0 Å². The van der Waals surface area contributed by atoms with Crippen LogP contribution in [-0.4, -0.2) is 23.0 Å². The molecule has 0 fully saturated rings. The molecule has 0 saturated heterocycles. The standard InChI is InChI=1S/C21H25ClN4/c1-3-26(4-2)14-16-9-7-8-15(12-16)13-24-20-17-10-5-6-11-18(17)25-21(22)19(20)23/h5-12H,3-4,13-14,23H2,1-2H3,(H,24,25). The Morgan fingerprint density at radius 3 is 2.54 bits per heavy atom. The Hall–Kier alpha value is -2.30. The molecule has 2 aromatic carbocycles. The molecule has 1 heterocycles. The topological polar surface area (TPSA) is 54.2 Å². The predicted molar refractivity (Wildman–Crippen MR) is 112 cm³/mol. The molecular formula is C21H25ClN4. The van der Waals surface area contributed by atoms with Gasteiger partial charge < -0.3 is 11.1 Å². The zero-order chi connectivity index (χ0) is 18.5. The van der Waals surface area contributed by atoms with E-state index in [9.17, 15) is 0 Å². The smallest absolute Gasteiger partial charge is 0.154 e. The summed E-state index contributed by atoms with van der Waals surface area (Å²) in [6, 6.07) is 16.5. The largest absolute Gasteiger partial charge is 0.395 e. The highest BCUT2D eigenvalue weighted by molar-refractivity contribution is 6.33. The average Bonchev–Trinajstić information content (AvgIpc) is 2.67. The Morgan fingerprint density at radius 2 is 1.77 bits per heavy atom. The van der Waals surface area contributed by atoms with Gasteiger partial charge >= 0.3 is 0 Å². The van der Waals surface area contributed by atoms with E-state index in [0.717, 1.165) is 36.2 Å². The van der Waals surface area contributed by atoms with E-state index in [2.05, 4.69) is 53.3 Å². The fourth-order valence-electron chi connectivity index (χ4n) is 3.12. The molecule has 0 atom stereocenters. The van der Waals surface area contributed by atoms with Gasteiger partial charge in [0.2, 0.25) is 0 Å². The van der Waals surface area contributed by atoms with Gasteiger partial charge in [0.05, 0.1) is 16.9 Å². The second-order valence-electron chi connectivity index (χ2n) is 6.34. The van der Waals surface area contributed by atoms with Crippen molar-refractivity contribution >= 4 is 33.9 Å². The van der Waals surface area contributed by atoms with Crippen LogP contribution in [0.1, 0.15) is 25.0 Å². The number of nitrogens with two attached hydrogens (primary N) is 1. The van der Waals surface area contributed by atoms with Crippen molar-refractivity contribution in [2.75, 3.05) is 24.1 Å². The lowest BCUT2D eigenvalue weighted by molar-refractivity contribution is 0.296. The van der Waals surface area contributed by atoms with Gasteiger partial charge in [0.1, 0.15) is 0 Å². The van der Waals surface area contributed by atoms with Gasteiger partial charge in [-0.2, -0.15) is 0 Å². The van der Waals surface area contributed by atoms with E-state index in [1.807, 2.05) is 24.3 Å². The fourth-order valence-corrected chi connectivity index (χ4v) is 3.31. The van der Waals surface area contributed by atoms with Crippen molar-refractivity contribution in [2.24, 2.45) is 0 Å². The molecule has 0 saturated carbocycles. The number of anilines is 2. The Bertz CT molecular complexity index is 890. The number of pyridine rings is 1. The average molecular weight is 369 g/mol. The van der Waals surface area contributed by atoms with Crippen LogP contribution < -0.4 is 11.1 Å². The molecule has 3 rings (SSSR count). The minimum absolute atomic E-state index is 0.335. The van der Waals surface area contributed by atoms with Crippen LogP contribution in [0.5, 0.6) is 0 Å². The minimum Gasteiger partial charge on any atom is -0.395 e. The molecule has 0 bridgehead atoms. The maximum absolute atomic E-state index is 6.21. The van der Waals surface area contributed by atoms with Crippen molar-refractivity contribution in [3.05, 3.63) is 64.8 Å². The molecule has 4 nitrogen and oxygen atoms in total. The van der Waals surface area contributed by atoms with Gasteiger partial charge in [0.25, 0.3) is 0 Å². The molecule has 0 aliphatic rings. The Labute approximate surface area is 160 Å². The van der Waals surface area contributed by atoms with E-state index >= 15 is 0 Å². The predicted octanol–water partition coefficient (Wildman–Crippen LogP) is 4.92. The molecule has 1 aromatic heterocycles. The Kier molecular flexibility index (Phi) is 5.96. The summed E-state index contributed by atoms with van der Waals surface area (Å²) in [5.41, 5.74) is 10.9. The second kappa shape index (κ2) is 8.39. The Balaban J connectivity index is 1.82. The number of nitrogen functional groups attached to an aromatic ring is 1. The summed E-state index contributed by atoms with van der Waals surface area (Å²) < 4.78 is 0. The van der Waals surface area contributed by atoms with E-state index in [4.69, 9.17) is 17.3 Å². The fraction of sp³-hybridized carbons (Fsp3) is 0.286. The van der Waals surface area contributed by atoms with Crippen molar-refractivity contribution < 1.29 is 0 Å². The molecule has 0 aliphatic heterocycles. The normalized spacial score (nSPS) is 11.2. The van der Waals surface area contributed by atoms with E-state index in [0.29, 0.717) is 17.4 Å². The number of aromatic nitrogens is 1. The van der Waals surface area contributed by atoms with Crippen LogP contribution in [0.15, 0.2) is 48.5 Å². The van der Waals surface area contributed by atoms with E-state index in [1.54, 1.807) is 0 Å². The Morgan fingerprint density at radius 1 is 1.04 bits per heavy atom. The molecule has 26 heavy (non-hydrogen) atoms. The SMILES string of the molecule is CCN(CC)Cc1cccc(CNc2c(N)c(Cl)nc3ccccc23)c1. The first-order valence-corrected chi connectivity index (χ1v) is 9.38. The van der Waals surface area contributed by atoms with Gasteiger partial charge in [-0.15, -0.1) is 0 Å². The van der Waals surface area contributed by atoms with Crippen molar-refractivity contribution in [1.82, 2.24) is 9.88 Å². The van der Waals surface area contributed by atoms with Gasteiger partial charge in [-0.1, -0.05) is 67.9 Å². The quantitative estimate of drug-likeness (QED) is 0.581. The molecule has 0 unspecified atom stereocenters. The first-order valence-electron chi connectivity index (χ1n) is 9.00. The molecule has 3 aromatic rings. The van der Waals surface area contributed by atoms with Gasteiger partial charge in [0, 0.05) is 18.5 Å². The monoisotopic (exact) mass is 368 g/mol. The first-order chi connectivity index (χ1) is 12.6. The molecule has 3 N–H and O–H groups in total. The number of nitrogens with one attached hydrogen (secondary N) is 1. The summed E-state index contributed by atoms with van der Waals surface area (Å²) in [5.74, 6) is 0. The number of rotatable bonds is 7. The van der Waals surface area contributed by atoms with Crippen LogP contribution in [0, 0.1) is 0 Å². The summed E-state index contributed by atoms with van der Waals surface area (Å²) in [6.45, 7) is 8.13. The maximum atomic E-state index is 6.21. The van der Waals surface area contributed by atoms with Crippen molar-refractivity contribution in [1.29, 1.82) is 0 Å². The van der Waals surface area contributed by atoms with Gasteiger partial charge in [-0.3, -0.25) is 4.90 Å². The summed E-state index contributed by atoms with van der Waals surface area (Å²) in [5, 5.41) is 4.77. The van der Waals surface area contributed by atoms with Gasteiger partial charge in [0.15, 0.2) is 5.15 Å². The first kappa shape index (κ1) is 18.5. The van der Waals surface area contributed by atoms with E-state index in [-0.39, 0.29) is 0 Å². The van der Waals surface area contributed by atoms with Crippen LogP contribution in [0.3, 0.4) is 0 Å². The van der Waals surface area contributed by atoms with Gasteiger partial charge in [-0.25, -0.2) is 4.98 Å². The third-order valence-corrected chi connectivity index (χ3v) is 4.93. The van der Waals surface area contributed by atoms with Crippen LogP contribution >= 0.6 is 11.6 Å². The molecule has 0 amide bonds. The summed E-state index contributed by atoms with van der Waals surface area (Å²) in [6.07, 6.45) is 0. The summed E-state index contributed by atoms with van der Waals surface area (Å²) >= 11 is 6.21. The van der Waals surface area contributed by atoms with Gasteiger partial charge in [-0.05, 0) is 30.3 Å². The lowest BCUT2D eigenvalue weighted by Gasteiger charge is -2.18. The highest BCUT2D eigenvalue weighted by atomic mass is 35.5. The van der Waals surface area contributed by atoms with Crippen LogP contribution in [0.4, 0.5) is 11.4 Å². The number of benzene rings is 2. The third kappa shape index (κ3) is 4.09. The third-order valence-electron chi connectivity index (χ3n) is 4.64. The van der Waals surface area contributed by atoms with Crippen molar-refractivity contribution in [2.45, 2.75) is 26.9 Å². The molecule has 136 valence electrons. The van der Waals surface area contributed by atoms with Crippen molar-refractivity contribution in [3.63, 3.8) is 0 Å². The van der Waals surface area contributed by atoms with Crippen LogP contribution in [0.25, 0.3) is 10.9 Å². The van der Waals surface area contributed by atoms with Crippen LogP contribution in [-0.2, 0) is 13.1 Å². The zero-order valence-electron chi connectivity index (χ0n) is 15.3. The molecule has 5 heteroatoms. The number of hydrogen-bond donors (Lipinski definition) is 2. The molecule has 0 spiro atoms. The summed E-state index contributed by atoms with van der Waals surface area (Å²) in [4.78, 5) is 6.75. The minimum atomic E-state index is 0.335. The number of fused-ring (bicyclic) bond motifs is 1. The zero-order valence-corrected chi connectivity index (χ0v) is 16.1. The summed E-state index contributed by atoms with van der Waals surface area (Å²) in [7, 11) is 0. The number of halogens is 1. The lowest BCUT2D eigenvalue weighted by atomic mass is 10.1. The maximum Gasteiger partial charge on any atom is 0.154 e. The lowest BCUT2D eigenvalue weighted by Crippen LogP contribution is -2.22.